The molecule has 1 N–H and O–H groups in total. The summed E-state index contributed by atoms with van der Waals surface area (Å²) in [6.45, 7) is 2.73. The lowest BCUT2D eigenvalue weighted by Gasteiger charge is -2.27. The van der Waals surface area contributed by atoms with Gasteiger partial charge in [-0.15, -0.1) is 0 Å². The van der Waals surface area contributed by atoms with E-state index < -0.39 is 0 Å². The van der Waals surface area contributed by atoms with Gasteiger partial charge in [0.25, 0.3) is 5.91 Å². The third-order valence-electron chi connectivity index (χ3n) is 3.56. The molecule has 1 aromatic carbocycles. The fourth-order valence-corrected chi connectivity index (χ4v) is 2.84. The van der Waals surface area contributed by atoms with Crippen LogP contribution in [0.2, 0.25) is 0 Å². The van der Waals surface area contributed by atoms with Crippen LogP contribution < -0.4 is 0 Å². The lowest BCUT2D eigenvalue weighted by atomic mass is 10.1. The van der Waals surface area contributed by atoms with E-state index in [2.05, 4.69) is 15.9 Å². The van der Waals surface area contributed by atoms with Crippen molar-refractivity contribution in [1.82, 2.24) is 4.90 Å². The van der Waals surface area contributed by atoms with Crippen LogP contribution in [0.15, 0.2) is 22.7 Å². The van der Waals surface area contributed by atoms with Crippen molar-refractivity contribution in [1.29, 1.82) is 0 Å². The van der Waals surface area contributed by atoms with Crippen LogP contribution in [0.5, 0.6) is 5.75 Å². The minimum Gasteiger partial charge on any atom is -0.507 e. The fourth-order valence-electron chi connectivity index (χ4n) is 2.60. The van der Waals surface area contributed by atoms with Crippen molar-refractivity contribution in [2.24, 2.45) is 0 Å². The number of halogens is 1. The van der Waals surface area contributed by atoms with Crippen LogP contribution in [0.25, 0.3) is 0 Å². The van der Waals surface area contributed by atoms with Crippen LogP contribution >= 0.6 is 15.9 Å². The molecule has 4 heteroatoms. The van der Waals surface area contributed by atoms with E-state index in [0.29, 0.717) is 16.1 Å². The van der Waals surface area contributed by atoms with Crippen molar-refractivity contribution >= 4 is 21.8 Å². The van der Waals surface area contributed by atoms with Gasteiger partial charge in [-0.2, -0.15) is 0 Å². The van der Waals surface area contributed by atoms with Gasteiger partial charge in [-0.05, 0) is 53.9 Å². The highest BCUT2D eigenvalue weighted by molar-refractivity contribution is 9.10. The SMILES string of the molecule is CCN(C(=O)c1ccc(Br)c(O)c1)C1CCCC1. The lowest BCUT2D eigenvalue weighted by molar-refractivity contribution is 0.0693. The summed E-state index contributed by atoms with van der Waals surface area (Å²) >= 11 is 3.22. The molecule has 0 saturated heterocycles. The highest BCUT2D eigenvalue weighted by atomic mass is 79.9. The molecule has 1 amide bonds. The number of hydrogen-bond donors (Lipinski definition) is 1. The summed E-state index contributed by atoms with van der Waals surface area (Å²) in [5.74, 6) is 0.135. The van der Waals surface area contributed by atoms with E-state index in [1.165, 1.54) is 18.9 Å². The normalized spacial score (nSPS) is 15.9. The Morgan fingerprint density at radius 1 is 1.44 bits per heavy atom. The van der Waals surface area contributed by atoms with Crippen LogP contribution in [0.1, 0.15) is 43.0 Å². The Balaban J connectivity index is 2.19. The lowest BCUT2D eigenvalue weighted by Crippen LogP contribution is -2.38. The summed E-state index contributed by atoms with van der Waals surface area (Å²) in [4.78, 5) is 14.4. The molecule has 2 rings (SSSR count). The van der Waals surface area contributed by atoms with Crippen LogP contribution in [0.4, 0.5) is 0 Å². The first-order valence-electron chi connectivity index (χ1n) is 6.43. The Bertz CT molecular complexity index is 441. The first kappa shape index (κ1) is 13.4. The molecule has 0 aromatic heterocycles. The summed E-state index contributed by atoms with van der Waals surface area (Å²) in [6.07, 6.45) is 4.62. The monoisotopic (exact) mass is 311 g/mol. The Morgan fingerprint density at radius 3 is 2.67 bits per heavy atom. The van der Waals surface area contributed by atoms with Gasteiger partial charge < -0.3 is 10.0 Å². The first-order valence-corrected chi connectivity index (χ1v) is 7.22. The van der Waals surface area contributed by atoms with E-state index in [0.717, 1.165) is 19.4 Å². The summed E-state index contributed by atoms with van der Waals surface area (Å²) in [5, 5.41) is 9.65. The van der Waals surface area contributed by atoms with Gasteiger partial charge in [0.2, 0.25) is 0 Å². The average Bonchev–Trinajstić information content (AvgIpc) is 2.87. The van der Waals surface area contributed by atoms with Crippen LogP contribution in [-0.4, -0.2) is 28.5 Å². The number of rotatable bonds is 3. The molecule has 18 heavy (non-hydrogen) atoms. The molecule has 3 nitrogen and oxygen atoms in total. The van der Waals surface area contributed by atoms with E-state index in [1.807, 2.05) is 11.8 Å². The van der Waals surface area contributed by atoms with Crippen LogP contribution in [0, 0.1) is 0 Å². The summed E-state index contributed by atoms with van der Waals surface area (Å²) < 4.78 is 0.614. The molecule has 98 valence electrons. The molecule has 0 unspecified atom stereocenters. The van der Waals surface area contributed by atoms with Crippen molar-refractivity contribution in [2.45, 2.75) is 38.6 Å². The molecule has 0 aliphatic heterocycles. The maximum atomic E-state index is 12.4. The third-order valence-corrected chi connectivity index (χ3v) is 4.23. The zero-order valence-electron chi connectivity index (χ0n) is 10.5. The van der Waals surface area contributed by atoms with Crippen LogP contribution in [0.3, 0.4) is 0 Å². The van der Waals surface area contributed by atoms with E-state index in [9.17, 15) is 9.90 Å². The molecule has 0 spiro atoms. The Labute approximate surface area is 116 Å². The Kier molecular flexibility index (Phi) is 4.27. The minimum atomic E-state index is 0.0206. The third kappa shape index (κ3) is 2.69. The molecule has 0 radical (unpaired) electrons. The number of carbonyl (C=O) groups is 1. The average molecular weight is 312 g/mol. The van der Waals surface area contributed by atoms with E-state index in [1.54, 1.807) is 12.1 Å². The second kappa shape index (κ2) is 5.74. The number of carbonyl (C=O) groups excluding carboxylic acids is 1. The van der Waals surface area contributed by atoms with Gasteiger partial charge in [0, 0.05) is 18.2 Å². The van der Waals surface area contributed by atoms with Crippen molar-refractivity contribution in [3.8, 4) is 5.75 Å². The molecular weight excluding hydrogens is 294 g/mol. The van der Waals surface area contributed by atoms with Gasteiger partial charge in [-0.1, -0.05) is 12.8 Å². The minimum absolute atomic E-state index is 0.0206. The second-order valence-corrected chi connectivity index (χ2v) is 5.55. The molecule has 1 aliphatic carbocycles. The molecule has 0 atom stereocenters. The molecule has 0 heterocycles. The number of hydrogen-bond acceptors (Lipinski definition) is 2. The number of aromatic hydroxyl groups is 1. The second-order valence-electron chi connectivity index (χ2n) is 4.70. The molecule has 1 saturated carbocycles. The maximum absolute atomic E-state index is 12.4. The molecular formula is C14H18BrNO2. The largest absolute Gasteiger partial charge is 0.507 e. The molecule has 1 fully saturated rings. The first-order chi connectivity index (χ1) is 8.63. The van der Waals surface area contributed by atoms with Crippen molar-refractivity contribution in [2.75, 3.05) is 6.54 Å². The maximum Gasteiger partial charge on any atom is 0.254 e. The number of phenols is 1. The summed E-state index contributed by atoms with van der Waals surface area (Å²) in [6, 6.07) is 5.37. The van der Waals surface area contributed by atoms with Gasteiger partial charge in [0.05, 0.1) is 4.47 Å². The zero-order chi connectivity index (χ0) is 13.1. The predicted molar refractivity (Wildman–Crippen MR) is 74.8 cm³/mol. The fraction of sp³-hybridized carbons (Fsp3) is 0.500. The zero-order valence-corrected chi connectivity index (χ0v) is 12.1. The highest BCUT2D eigenvalue weighted by Crippen LogP contribution is 2.28. The smallest absolute Gasteiger partial charge is 0.254 e. The quantitative estimate of drug-likeness (QED) is 0.927. The van der Waals surface area contributed by atoms with E-state index in [4.69, 9.17) is 0 Å². The molecule has 1 aliphatic rings. The van der Waals surface area contributed by atoms with Gasteiger partial charge in [-0.3, -0.25) is 4.79 Å². The number of benzene rings is 1. The summed E-state index contributed by atoms with van der Waals surface area (Å²) in [7, 11) is 0. The standard InChI is InChI=1S/C14H18BrNO2/c1-2-16(11-5-3-4-6-11)14(18)10-7-8-12(15)13(17)9-10/h7-9,11,17H,2-6H2,1H3. The number of phenolic OH excluding ortho intramolecular Hbond substituents is 1. The number of nitrogens with zero attached hydrogens (tertiary/aromatic N) is 1. The highest BCUT2D eigenvalue weighted by Gasteiger charge is 2.26. The van der Waals surface area contributed by atoms with Gasteiger partial charge in [0.15, 0.2) is 0 Å². The predicted octanol–water partition coefficient (Wildman–Crippen LogP) is 3.56. The van der Waals surface area contributed by atoms with E-state index in [-0.39, 0.29) is 11.7 Å². The summed E-state index contributed by atoms with van der Waals surface area (Å²) in [5.41, 5.74) is 0.560. The van der Waals surface area contributed by atoms with Crippen molar-refractivity contribution < 1.29 is 9.90 Å². The Morgan fingerprint density at radius 2 is 2.11 bits per heavy atom. The van der Waals surface area contributed by atoms with Gasteiger partial charge in [-0.25, -0.2) is 0 Å². The van der Waals surface area contributed by atoms with Crippen molar-refractivity contribution in [3.05, 3.63) is 28.2 Å². The van der Waals surface area contributed by atoms with Gasteiger partial charge in [0.1, 0.15) is 5.75 Å². The molecule has 0 bridgehead atoms. The van der Waals surface area contributed by atoms with Gasteiger partial charge >= 0.3 is 0 Å². The van der Waals surface area contributed by atoms with Crippen LogP contribution in [-0.2, 0) is 0 Å². The topological polar surface area (TPSA) is 40.5 Å². The number of amides is 1. The Hall–Kier alpha value is -1.03. The van der Waals surface area contributed by atoms with E-state index >= 15 is 0 Å². The van der Waals surface area contributed by atoms with Crippen molar-refractivity contribution in [3.63, 3.8) is 0 Å². The molecule has 1 aromatic rings.